The molecule has 84 valence electrons. The van der Waals surface area contributed by atoms with E-state index in [0.29, 0.717) is 11.3 Å². The molecule has 0 unspecified atom stereocenters. The number of carbonyl (C=O) groups is 1. The molecule has 0 aromatic carbocycles. The molecule has 2 heterocycles. The Kier molecular flexibility index (Phi) is 2.57. The van der Waals surface area contributed by atoms with E-state index in [1.165, 1.54) is 4.52 Å². The fraction of sp³-hybridized carbons (Fsp3) is 0.300. The molecule has 0 bridgehead atoms. The van der Waals surface area contributed by atoms with Crippen LogP contribution in [0.15, 0.2) is 18.5 Å². The first-order valence-corrected chi connectivity index (χ1v) is 4.89. The van der Waals surface area contributed by atoms with E-state index in [1.54, 1.807) is 25.4 Å². The number of carbonyl (C=O) groups excluding carboxylic acids is 1. The number of nitrogens with two attached hydrogens (primary N) is 1. The molecular formula is C10H12N4O2. The first-order chi connectivity index (χ1) is 7.59. The molecule has 6 heteroatoms. The van der Waals surface area contributed by atoms with Crippen LogP contribution in [-0.4, -0.2) is 31.7 Å². The van der Waals surface area contributed by atoms with Crippen LogP contribution >= 0.6 is 0 Å². The predicted molar refractivity (Wildman–Crippen MR) is 56.9 cm³/mol. The van der Waals surface area contributed by atoms with E-state index < -0.39 is 12.0 Å². The van der Waals surface area contributed by atoms with Gasteiger partial charge in [-0.25, -0.2) is 9.50 Å². The number of aromatic nitrogens is 3. The summed E-state index contributed by atoms with van der Waals surface area (Å²) in [6.07, 6.45) is 2.94. The Morgan fingerprint density at radius 3 is 3.06 bits per heavy atom. The molecular weight excluding hydrogens is 208 g/mol. The van der Waals surface area contributed by atoms with Crippen LogP contribution < -0.4 is 5.73 Å². The Morgan fingerprint density at radius 2 is 2.44 bits per heavy atom. The molecule has 2 aromatic rings. The van der Waals surface area contributed by atoms with Crippen molar-refractivity contribution in [2.45, 2.75) is 19.4 Å². The van der Waals surface area contributed by atoms with Crippen molar-refractivity contribution in [3.8, 4) is 0 Å². The molecule has 0 radical (unpaired) electrons. The van der Waals surface area contributed by atoms with Crippen LogP contribution in [0.2, 0.25) is 0 Å². The zero-order valence-corrected chi connectivity index (χ0v) is 8.79. The van der Waals surface area contributed by atoms with Crippen molar-refractivity contribution in [2.24, 2.45) is 5.73 Å². The molecule has 0 fully saturated rings. The highest BCUT2D eigenvalue weighted by Crippen LogP contribution is 2.14. The smallest absolute Gasteiger partial charge is 0.254 e. The lowest BCUT2D eigenvalue weighted by atomic mass is 10.1. The molecule has 0 aliphatic carbocycles. The van der Waals surface area contributed by atoms with Gasteiger partial charge in [0, 0.05) is 18.8 Å². The number of aliphatic hydroxyl groups is 1. The van der Waals surface area contributed by atoms with E-state index in [2.05, 4.69) is 10.1 Å². The van der Waals surface area contributed by atoms with Crippen LogP contribution in [0.5, 0.6) is 0 Å². The van der Waals surface area contributed by atoms with Gasteiger partial charge in [0.25, 0.3) is 5.91 Å². The summed E-state index contributed by atoms with van der Waals surface area (Å²) in [6, 6.07) is 1.71. The largest absolute Gasteiger partial charge is 0.393 e. The lowest BCUT2D eigenvalue weighted by molar-refractivity contribution is 0.1000. The fourth-order valence-corrected chi connectivity index (χ4v) is 1.61. The SMILES string of the molecule is C[C@H](O)Cc1nn2cccnc2c1C(N)=O. The Balaban J connectivity index is 2.63. The van der Waals surface area contributed by atoms with Crippen molar-refractivity contribution in [3.63, 3.8) is 0 Å². The van der Waals surface area contributed by atoms with Crippen molar-refractivity contribution in [1.82, 2.24) is 14.6 Å². The van der Waals surface area contributed by atoms with E-state index in [4.69, 9.17) is 5.73 Å². The second kappa shape index (κ2) is 3.90. The lowest BCUT2D eigenvalue weighted by Gasteiger charge is -2.01. The lowest BCUT2D eigenvalue weighted by Crippen LogP contribution is -2.15. The molecule has 1 amide bonds. The molecule has 0 aliphatic rings. The van der Waals surface area contributed by atoms with Gasteiger partial charge in [-0.2, -0.15) is 5.10 Å². The van der Waals surface area contributed by atoms with Crippen LogP contribution in [0.25, 0.3) is 5.65 Å². The number of hydrogen-bond donors (Lipinski definition) is 2. The zero-order chi connectivity index (χ0) is 11.7. The van der Waals surface area contributed by atoms with Crippen molar-refractivity contribution < 1.29 is 9.90 Å². The van der Waals surface area contributed by atoms with Gasteiger partial charge in [-0.3, -0.25) is 4.79 Å². The summed E-state index contributed by atoms with van der Waals surface area (Å²) < 4.78 is 1.48. The third-order valence-electron chi connectivity index (χ3n) is 2.20. The standard InChI is InChI=1S/C10H12N4O2/c1-6(15)5-7-8(9(11)16)10-12-3-2-4-14(10)13-7/h2-4,6,15H,5H2,1H3,(H2,11,16)/t6-/m0/s1. The number of hydrogen-bond acceptors (Lipinski definition) is 4. The molecule has 0 saturated carbocycles. The van der Waals surface area contributed by atoms with Gasteiger partial charge in [-0.15, -0.1) is 0 Å². The third kappa shape index (κ3) is 1.74. The number of primary amides is 1. The molecule has 0 spiro atoms. The Bertz CT molecular complexity index is 533. The van der Waals surface area contributed by atoms with Gasteiger partial charge in [0.2, 0.25) is 0 Å². The van der Waals surface area contributed by atoms with E-state index in [0.717, 1.165) is 0 Å². The summed E-state index contributed by atoms with van der Waals surface area (Å²) >= 11 is 0. The van der Waals surface area contributed by atoms with Gasteiger partial charge in [0.05, 0.1) is 11.8 Å². The van der Waals surface area contributed by atoms with Gasteiger partial charge in [-0.1, -0.05) is 0 Å². The molecule has 3 N–H and O–H groups in total. The number of fused-ring (bicyclic) bond motifs is 1. The molecule has 0 aliphatic heterocycles. The predicted octanol–water partition coefficient (Wildman–Crippen LogP) is -0.248. The van der Waals surface area contributed by atoms with Crippen LogP contribution in [0, 0.1) is 0 Å². The molecule has 1 atom stereocenters. The number of nitrogens with zero attached hydrogens (tertiary/aromatic N) is 3. The summed E-state index contributed by atoms with van der Waals surface area (Å²) in [7, 11) is 0. The highest BCUT2D eigenvalue weighted by atomic mass is 16.3. The van der Waals surface area contributed by atoms with Crippen LogP contribution in [0.3, 0.4) is 0 Å². The van der Waals surface area contributed by atoms with E-state index in [-0.39, 0.29) is 12.0 Å². The minimum Gasteiger partial charge on any atom is -0.393 e. The molecule has 6 nitrogen and oxygen atoms in total. The number of aliphatic hydroxyl groups excluding tert-OH is 1. The summed E-state index contributed by atoms with van der Waals surface area (Å²) in [6.45, 7) is 1.63. The highest BCUT2D eigenvalue weighted by molar-refractivity contribution is 5.99. The minimum atomic E-state index is -0.581. The first kappa shape index (κ1) is 10.6. The molecule has 2 rings (SSSR count). The molecule has 16 heavy (non-hydrogen) atoms. The zero-order valence-electron chi connectivity index (χ0n) is 8.79. The van der Waals surface area contributed by atoms with Gasteiger partial charge >= 0.3 is 0 Å². The maximum absolute atomic E-state index is 11.3. The van der Waals surface area contributed by atoms with E-state index >= 15 is 0 Å². The summed E-state index contributed by atoms with van der Waals surface area (Å²) in [5, 5.41) is 13.5. The van der Waals surface area contributed by atoms with E-state index in [9.17, 15) is 9.90 Å². The van der Waals surface area contributed by atoms with Gasteiger partial charge in [0.15, 0.2) is 5.65 Å². The Labute approximate surface area is 91.7 Å². The third-order valence-corrected chi connectivity index (χ3v) is 2.20. The Morgan fingerprint density at radius 1 is 1.69 bits per heavy atom. The molecule has 0 saturated heterocycles. The fourth-order valence-electron chi connectivity index (χ4n) is 1.61. The highest BCUT2D eigenvalue weighted by Gasteiger charge is 2.19. The first-order valence-electron chi connectivity index (χ1n) is 4.89. The van der Waals surface area contributed by atoms with Crippen molar-refractivity contribution in [3.05, 3.63) is 29.7 Å². The summed E-state index contributed by atoms with van der Waals surface area (Å²) in [5.41, 5.74) is 6.46. The Hall–Kier alpha value is -1.95. The monoisotopic (exact) mass is 220 g/mol. The summed E-state index contributed by atoms with van der Waals surface area (Å²) in [4.78, 5) is 15.4. The number of rotatable bonds is 3. The topological polar surface area (TPSA) is 93.5 Å². The summed E-state index contributed by atoms with van der Waals surface area (Å²) in [5.74, 6) is -0.579. The molecule has 2 aromatic heterocycles. The van der Waals surface area contributed by atoms with Gasteiger partial charge in [-0.05, 0) is 13.0 Å². The maximum atomic E-state index is 11.3. The second-order valence-electron chi connectivity index (χ2n) is 3.63. The van der Waals surface area contributed by atoms with Crippen LogP contribution in [-0.2, 0) is 6.42 Å². The van der Waals surface area contributed by atoms with E-state index in [1.807, 2.05) is 0 Å². The quantitative estimate of drug-likeness (QED) is 0.746. The second-order valence-corrected chi connectivity index (χ2v) is 3.63. The van der Waals surface area contributed by atoms with Crippen LogP contribution in [0.4, 0.5) is 0 Å². The average Bonchev–Trinajstić information content (AvgIpc) is 2.53. The van der Waals surface area contributed by atoms with Crippen molar-refractivity contribution in [2.75, 3.05) is 0 Å². The van der Waals surface area contributed by atoms with Crippen molar-refractivity contribution in [1.29, 1.82) is 0 Å². The minimum absolute atomic E-state index is 0.279. The normalized spacial score (nSPS) is 12.9. The van der Waals surface area contributed by atoms with Gasteiger partial charge < -0.3 is 10.8 Å². The number of amides is 1. The van der Waals surface area contributed by atoms with Crippen molar-refractivity contribution >= 4 is 11.6 Å². The average molecular weight is 220 g/mol. The van der Waals surface area contributed by atoms with Crippen LogP contribution in [0.1, 0.15) is 23.0 Å². The maximum Gasteiger partial charge on any atom is 0.254 e. The van der Waals surface area contributed by atoms with Gasteiger partial charge in [0.1, 0.15) is 5.56 Å².